The lowest BCUT2D eigenvalue weighted by Crippen LogP contribution is -2.42. The third-order valence-electron chi connectivity index (χ3n) is 2.82. The van der Waals surface area contributed by atoms with Crippen molar-refractivity contribution in [2.24, 2.45) is 5.92 Å². The number of rotatable bonds is 5. The zero-order valence-electron chi connectivity index (χ0n) is 11.4. The Hall–Kier alpha value is -1.06. The number of carbonyl (C=O) groups excluding carboxylic acids is 1. The van der Waals surface area contributed by atoms with E-state index in [1.54, 1.807) is 0 Å². The van der Waals surface area contributed by atoms with Crippen LogP contribution < -0.4 is 0 Å². The van der Waals surface area contributed by atoms with Crippen LogP contribution in [0.3, 0.4) is 0 Å². The van der Waals surface area contributed by atoms with Crippen LogP contribution in [0.2, 0.25) is 0 Å². The minimum absolute atomic E-state index is 0. The van der Waals surface area contributed by atoms with E-state index < -0.39 is 0 Å². The number of benzene rings is 1. The fourth-order valence-electron chi connectivity index (χ4n) is 2.05. The van der Waals surface area contributed by atoms with Gasteiger partial charge in [0, 0.05) is 6.54 Å². The van der Waals surface area contributed by atoms with Crippen molar-refractivity contribution in [3.05, 3.63) is 35.9 Å². The van der Waals surface area contributed by atoms with Crippen molar-refractivity contribution in [1.29, 1.82) is 0 Å². The van der Waals surface area contributed by atoms with E-state index in [-0.39, 0.29) is 30.3 Å². The summed E-state index contributed by atoms with van der Waals surface area (Å²) in [5.41, 5.74) is 1.20. The third kappa shape index (κ3) is 4.67. The number of carbonyl (C=O) groups is 1. The molecule has 1 rings (SSSR count). The Labute approximate surface area is 116 Å². The first-order valence-corrected chi connectivity index (χ1v) is 5.88. The smallest absolute Gasteiger partial charge is 0.323 e. The van der Waals surface area contributed by atoms with Gasteiger partial charge in [0.05, 0.1) is 7.11 Å². The fraction of sp³-hybridized carbons (Fsp3) is 0.500. The zero-order chi connectivity index (χ0) is 12.8. The molecule has 1 aromatic carbocycles. The highest BCUT2D eigenvalue weighted by molar-refractivity contribution is 5.85. The number of hydrogen-bond acceptors (Lipinski definition) is 3. The predicted molar refractivity (Wildman–Crippen MR) is 75.8 cm³/mol. The minimum Gasteiger partial charge on any atom is -0.468 e. The quantitative estimate of drug-likeness (QED) is 0.772. The largest absolute Gasteiger partial charge is 0.468 e. The molecule has 18 heavy (non-hydrogen) atoms. The van der Waals surface area contributed by atoms with E-state index in [4.69, 9.17) is 4.74 Å². The molecule has 0 saturated heterocycles. The van der Waals surface area contributed by atoms with Gasteiger partial charge in [-0.25, -0.2) is 0 Å². The summed E-state index contributed by atoms with van der Waals surface area (Å²) in [7, 11) is 3.39. The Balaban J connectivity index is 0.00000289. The maximum atomic E-state index is 11.7. The molecule has 0 aliphatic rings. The lowest BCUT2D eigenvalue weighted by Gasteiger charge is -2.28. The Morgan fingerprint density at radius 2 is 1.83 bits per heavy atom. The number of ether oxygens (including phenoxy) is 1. The number of esters is 1. The molecule has 0 heterocycles. The lowest BCUT2D eigenvalue weighted by atomic mass is 10.0. The van der Waals surface area contributed by atoms with Crippen LogP contribution >= 0.6 is 12.4 Å². The summed E-state index contributed by atoms with van der Waals surface area (Å²) < 4.78 is 4.85. The van der Waals surface area contributed by atoms with Crippen LogP contribution in [-0.4, -0.2) is 31.1 Å². The normalized spacial score (nSPS) is 12.1. The van der Waals surface area contributed by atoms with E-state index in [2.05, 4.69) is 12.1 Å². The average Bonchev–Trinajstić information content (AvgIpc) is 2.29. The van der Waals surface area contributed by atoms with Crippen LogP contribution in [0.5, 0.6) is 0 Å². The van der Waals surface area contributed by atoms with E-state index in [1.807, 2.05) is 44.0 Å². The van der Waals surface area contributed by atoms with Gasteiger partial charge in [0.15, 0.2) is 0 Å². The maximum absolute atomic E-state index is 11.7. The van der Waals surface area contributed by atoms with Gasteiger partial charge < -0.3 is 4.74 Å². The molecule has 102 valence electrons. The summed E-state index contributed by atoms with van der Waals surface area (Å²) in [5, 5.41) is 0. The average molecular weight is 272 g/mol. The molecule has 0 N–H and O–H groups in total. The van der Waals surface area contributed by atoms with Crippen LogP contribution in [0.4, 0.5) is 0 Å². The van der Waals surface area contributed by atoms with Gasteiger partial charge in [-0.05, 0) is 18.5 Å². The highest BCUT2D eigenvalue weighted by Crippen LogP contribution is 2.14. The Morgan fingerprint density at radius 1 is 1.28 bits per heavy atom. The number of hydrogen-bond donors (Lipinski definition) is 0. The molecular weight excluding hydrogens is 250 g/mol. The Kier molecular flexibility index (Phi) is 7.64. The number of methoxy groups -OCH3 is 1. The first kappa shape index (κ1) is 16.9. The van der Waals surface area contributed by atoms with Crippen molar-refractivity contribution < 1.29 is 9.53 Å². The number of halogens is 1. The second kappa shape index (κ2) is 8.11. The van der Waals surface area contributed by atoms with Crippen molar-refractivity contribution in [2.75, 3.05) is 14.2 Å². The molecule has 0 aliphatic carbocycles. The van der Waals surface area contributed by atoms with Gasteiger partial charge >= 0.3 is 5.97 Å². The Morgan fingerprint density at radius 3 is 2.28 bits per heavy atom. The van der Waals surface area contributed by atoms with Crippen LogP contribution in [0.25, 0.3) is 0 Å². The van der Waals surface area contributed by atoms with Gasteiger partial charge in [0.1, 0.15) is 6.04 Å². The second-order valence-electron chi connectivity index (χ2n) is 4.61. The lowest BCUT2D eigenvalue weighted by molar-refractivity contribution is -0.148. The molecular formula is C14H22ClNO2. The maximum Gasteiger partial charge on any atom is 0.323 e. The summed E-state index contributed by atoms with van der Waals surface area (Å²) in [6.45, 7) is 4.81. The summed E-state index contributed by atoms with van der Waals surface area (Å²) in [6, 6.07) is 9.93. The molecule has 3 nitrogen and oxygen atoms in total. The molecule has 1 atom stereocenters. The van der Waals surface area contributed by atoms with Gasteiger partial charge in [0.25, 0.3) is 0 Å². The fourth-order valence-corrected chi connectivity index (χ4v) is 2.05. The molecule has 1 aromatic rings. The van der Waals surface area contributed by atoms with Gasteiger partial charge in [-0.15, -0.1) is 12.4 Å². The zero-order valence-corrected chi connectivity index (χ0v) is 12.2. The molecule has 0 saturated carbocycles. The van der Waals surface area contributed by atoms with E-state index in [0.29, 0.717) is 0 Å². The molecule has 0 unspecified atom stereocenters. The number of nitrogens with zero attached hydrogens (tertiary/aromatic N) is 1. The third-order valence-corrected chi connectivity index (χ3v) is 2.82. The highest BCUT2D eigenvalue weighted by atomic mass is 35.5. The molecule has 0 fully saturated rings. The number of likely N-dealkylation sites (N-methyl/N-ethyl adjacent to an activating group) is 1. The summed E-state index contributed by atoms with van der Waals surface area (Å²) >= 11 is 0. The first-order chi connectivity index (χ1) is 8.06. The van der Waals surface area contributed by atoms with E-state index in [9.17, 15) is 4.79 Å². The van der Waals surface area contributed by atoms with Crippen LogP contribution in [0.1, 0.15) is 19.4 Å². The van der Waals surface area contributed by atoms with E-state index in [0.717, 1.165) is 6.54 Å². The second-order valence-corrected chi connectivity index (χ2v) is 4.61. The van der Waals surface area contributed by atoms with Gasteiger partial charge in [-0.2, -0.15) is 0 Å². The predicted octanol–water partition coefficient (Wildman–Crippen LogP) is 2.74. The molecule has 0 spiro atoms. The molecule has 0 aliphatic heterocycles. The SMILES string of the molecule is COC(=O)[C@H](C(C)C)N(C)Cc1ccccc1.Cl. The highest BCUT2D eigenvalue weighted by Gasteiger charge is 2.27. The Bertz CT molecular complexity index is 354. The van der Waals surface area contributed by atoms with Crippen LogP contribution in [-0.2, 0) is 16.1 Å². The monoisotopic (exact) mass is 271 g/mol. The van der Waals surface area contributed by atoms with Crippen LogP contribution in [0.15, 0.2) is 30.3 Å². The molecule has 0 amide bonds. The first-order valence-electron chi connectivity index (χ1n) is 5.88. The van der Waals surface area contributed by atoms with Gasteiger partial charge in [-0.1, -0.05) is 44.2 Å². The van der Waals surface area contributed by atoms with Crippen molar-refractivity contribution in [1.82, 2.24) is 4.90 Å². The van der Waals surface area contributed by atoms with Crippen molar-refractivity contribution in [2.45, 2.75) is 26.4 Å². The molecule has 0 aromatic heterocycles. The summed E-state index contributed by atoms with van der Waals surface area (Å²) in [4.78, 5) is 13.8. The van der Waals surface area contributed by atoms with Crippen molar-refractivity contribution in [3.63, 3.8) is 0 Å². The van der Waals surface area contributed by atoms with Crippen LogP contribution in [0, 0.1) is 5.92 Å². The minimum atomic E-state index is -0.194. The van der Waals surface area contributed by atoms with Crippen molar-refractivity contribution in [3.8, 4) is 0 Å². The van der Waals surface area contributed by atoms with E-state index in [1.165, 1.54) is 12.7 Å². The topological polar surface area (TPSA) is 29.5 Å². The summed E-state index contributed by atoms with van der Waals surface area (Å²) in [5.74, 6) is 0.0644. The van der Waals surface area contributed by atoms with E-state index >= 15 is 0 Å². The standard InChI is InChI=1S/C14H21NO2.ClH/c1-11(2)13(14(16)17-4)15(3)10-12-8-6-5-7-9-12;/h5-9,11,13H,10H2,1-4H3;1H/t13-;/m0./s1. The van der Waals surface area contributed by atoms with Gasteiger partial charge in [-0.3, -0.25) is 9.69 Å². The van der Waals surface area contributed by atoms with Gasteiger partial charge in [0.2, 0.25) is 0 Å². The molecule has 0 bridgehead atoms. The molecule has 0 radical (unpaired) electrons. The molecule has 4 heteroatoms. The van der Waals surface area contributed by atoms with Crippen molar-refractivity contribution >= 4 is 18.4 Å². The summed E-state index contributed by atoms with van der Waals surface area (Å²) in [6.07, 6.45) is 0.